The Morgan fingerprint density at radius 2 is 2.10 bits per heavy atom. The molecular formula is C14H16ClF3N2O. The van der Waals surface area contributed by atoms with Gasteiger partial charge in [-0.05, 0) is 43.0 Å². The number of rotatable bonds is 3. The summed E-state index contributed by atoms with van der Waals surface area (Å²) in [6.45, 7) is -0.0205. The van der Waals surface area contributed by atoms with Gasteiger partial charge in [-0.3, -0.25) is 4.79 Å². The van der Waals surface area contributed by atoms with Gasteiger partial charge in [0, 0.05) is 23.5 Å². The first-order valence-electron chi connectivity index (χ1n) is 6.66. The summed E-state index contributed by atoms with van der Waals surface area (Å²) < 4.78 is 37.9. The summed E-state index contributed by atoms with van der Waals surface area (Å²) in [7, 11) is 0. The Bertz CT molecular complexity index is 533. The normalized spacial score (nSPS) is 22.3. The molecule has 0 aromatic heterocycles. The zero-order chi connectivity index (χ0) is 15.6. The smallest absolute Gasteiger partial charge is 0.352 e. The quantitative estimate of drug-likeness (QED) is 0.899. The molecule has 1 aliphatic carbocycles. The highest BCUT2D eigenvalue weighted by atomic mass is 35.5. The highest BCUT2D eigenvalue weighted by molar-refractivity contribution is 6.31. The summed E-state index contributed by atoms with van der Waals surface area (Å²) >= 11 is 5.87. The molecule has 1 saturated carbocycles. The highest BCUT2D eigenvalue weighted by Crippen LogP contribution is 2.32. The standard InChI is InChI=1S/C14H16ClF3N2O/c15-12-4-2-10(14(16,17)18)5-9(12)7-20-13(21)8-1-3-11(19)6-8/h2,4-5,8,11H,1,3,6-7,19H2,(H,20,21)/t8-,11+/m0/s1. The van der Waals surface area contributed by atoms with E-state index < -0.39 is 11.7 Å². The monoisotopic (exact) mass is 320 g/mol. The van der Waals surface area contributed by atoms with Crippen LogP contribution in [0.15, 0.2) is 18.2 Å². The molecule has 3 nitrogen and oxygen atoms in total. The Morgan fingerprint density at radius 3 is 2.67 bits per heavy atom. The molecule has 7 heteroatoms. The second kappa shape index (κ2) is 6.23. The molecule has 0 bridgehead atoms. The minimum Gasteiger partial charge on any atom is -0.352 e. The molecule has 2 atom stereocenters. The lowest BCUT2D eigenvalue weighted by molar-refractivity contribution is -0.137. The highest BCUT2D eigenvalue weighted by Gasteiger charge is 2.31. The second-order valence-electron chi connectivity index (χ2n) is 5.29. The van der Waals surface area contributed by atoms with Crippen LogP contribution >= 0.6 is 11.6 Å². The van der Waals surface area contributed by atoms with Crippen molar-refractivity contribution in [1.82, 2.24) is 5.32 Å². The zero-order valence-corrected chi connectivity index (χ0v) is 12.0. The molecule has 0 aliphatic heterocycles. The van der Waals surface area contributed by atoms with Crippen LogP contribution in [0.4, 0.5) is 13.2 Å². The van der Waals surface area contributed by atoms with Gasteiger partial charge in [-0.2, -0.15) is 13.2 Å². The summed E-state index contributed by atoms with van der Waals surface area (Å²) in [5.74, 6) is -0.346. The lowest BCUT2D eigenvalue weighted by Gasteiger charge is -2.13. The fourth-order valence-corrected chi connectivity index (χ4v) is 2.65. The first kappa shape index (κ1) is 16.1. The van der Waals surface area contributed by atoms with Crippen LogP contribution in [0.3, 0.4) is 0 Å². The Labute approximate surface area is 125 Å². The van der Waals surface area contributed by atoms with Crippen LogP contribution in [-0.4, -0.2) is 11.9 Å². The lowest BCUT2D eigenvalue weighted by Crippen LogP contribution is -2.30. The first-order valence-corrected chi connectivity index (χ1v) is 7.04. The van der Waals surface area contributed by atoms with E-state index in [-0.39, 0.29) is 35.0 Å². The molecular weight excluding hydrogens is 305 g/mol. The number of alkyl halides is 3. The van der Waals surface area contributed by atoms with Gasteiger partial charge in [0.1, 0.15) is 0 Å². The summed E-state index contributed by atoms with van der Waals surface area (Å²) in [5.41, 5.74) is 5.21. The second-order valence-corrected chi connectivity index (χ2v) is 5.70. The Kier molecular flexibility index (Phi) is 4.78. The van der Waals surface area contributed by atoms with Crippen molar-refractivity contribution >= 4 is 17.5 Å². The molecule has 3 N–H and O–H groups in total. The third-order valence-electron chi connectivity index (χ3n) is 3.67. The van der Waals surface area contributed by atoms with Crippen LogP contribution < -0.4 is 11.1 Å². The topological polar surface area (TPSA) is 55.1 Å². The fourth-order valence-electron chi connectivity index (χ4n) is 2.47. The van der Waals surface area contributed by atoms with E-state index in [1.807, 2.05) is 0 Å². The number of carbonyl (C=O) groups excluding carboxylic acids is 1. The maximum absolute atomic E-state index is 12.6. The van der Waals surface area contributed by atoms with E-state index in [0.717, 1.165) is 18.6 Å². The van der Waals surface area contributed by atoms with Crippen molar-refractivity contribution in [1.29, 1.82) is 0 Å². The van der Waals surface area contributed by atoms with Gasteiger partial charge in [0.05, 0.1) is 5.56 Å². The van der Waals surface area contributed by atoms with Crippen molar-refractivity contribution in [3.8, 4) is 0 Å². The molecule has 0 heterocycles. The molecule has 0 saturated heterocycles. The summed E-state index contributed by atoms with van der Waals surface area (Å²) in [5, 5.41) is 2.84. The van der Waals surface area contributed by atoms with Crippen LogP contribution in [0.5, 0.6) is 0 Å². The number of nitrogens with two attached hydrogens (primary N) is 1. The van der Waals surface area contributed by atoms with E-state index in [2.05, 4.69) is 5.32 Å². The Balaban J connectivity index is 2.01. The number of hydrogen-bond donors (Lipinski definition) is 2. The zero-order valence-electron chi connectivity index (χ0n) is 11.2. The average molecular weight is 321 g/mol. The van der Waals surface area contributed by atoms with E-state index >= 15 is 0 Å². The summed E-state index contributed by atoms with van der Waals surface area (Å²) in [6.07, 6.45) is -2.31. The van der Waals surface area contributed by atoms with Crippen LogP contribution in [-0.2, 0) is 17.5 Å². The van der Waals surface area contributed by atoms with E-state index in [1.165, 1.54) is 6.07 Å². The van der Waals surface area contributed by atoms with E-state index in [1.54, 1.807) is 0 Å². The molecule has 1 aromatic carbocycles. The van der Waals surface area contributed by atoms with E-state index in [0.29, 0.717) is 12.8 Å². The maximum atomic E-state index is 12.6. The van der Waals surface area contributed by atoms with Crippen molar-refractivity contribution in [2.45, 2.75) is 38.0 Å². The number of hydrogen-bond acceptors (Lipinski definition) is 2. The molecule has 0 spiro atoms. The molecule has 21 heavy (non-hydrogen) atoms. The van der Waals surface area contributed by atoms with Gasteiger partial charge < -0.3 is 11.1 Å². The van der Waals surface area contributed by atoms with Crippen molar-refractivity contribution in [3.63, 3.8) is 0 Å². The van der Waals surface area contributed by atoms with Gasteiger partial charge in [-0.25, -0.2) is 0 Å². The van der Waals surface area contributed by atoms with Crippen molar-refractivity contribution in [2.75, 3.05) is 0 Å². The van der Waals surface area contributed by atoms with Gasteiger partial charge in [-0.1, -0.05) is 11.6 Å². The molecule has 0 radical (unpaired) electrons. The molecule has 1 amide bonds. The predicted octanol–water partition coefficient (Wildman–Crippen LogP) is 3.10. The van der Waals surface area contributed by atoms with Gasteiger partial charge in [0.2, 0.25) is 5.91 Å². The van der Waals surface area contributed by atoms with Crippen LogP contribution in [0.25, 0.3) is 0 Å². The molecule has 1 aliphatic rings. The number of nitrogens with one attached hydrogen (secondary N) is 1. The molecule has 1 fully saturated rings. The molecule has 116 valence electrons. The fraction of sp³-hybridized carbons (Fsp3) is 0.500. The predicted molar refractivity (Wildman–Crippen MR) is 73.6 cm³/mol. The number of halogens is 4. The maximum Gasteiger partial charge on any atom is 0.416 e. The largest absolute Gasteiger partial charge is 0.416 e. The first-order chi connectivity index (χ1) is 9.77. The van der Waals surface area contributed by atoms with Gasteiger partial charge >= 0.3 is 6.18 Å². The van der Waals surface area contributed by atoms with Gasteiger partial charge in [0.25, 0.3) is 0 Å². The third kappa shape index (κ3) is 4.11. The van der Waals surface area contributed by atoms with Gasteiger partial charge in [0.15, 0.2) is 0 Å². The van der Waals surface area contributed by atoms with Crippen molar-refractivity contribution in [2.24, 2.45) is 11.7 Å². The van der Waals surface area contributed by atoms with Crippen LogP contribution in [0.1, 0.15) is 30.4 Å². The third-order valence-corrected chi connectivity index (χ3v) is 4.04. The number of benzene rings is 1. The summed E-state index contributed by atoms with van der Waals surface area (Å²) in [4.78, 5) is 11.9. The molecule has 0 unspecified atom stereocenters. The average Bonchev–Trinajstić information content (AvgIpc) is 2.83. The van der Waals surface area contributed by atoms with Crippen LogP contribution in [0, 0.1) is 5.92 Å². The Morgan fingerprint density at radius 1 is 1.38 bits per heavy atom. The minimum atomic E-state index is -4.43. The molecule has 2 rings (SSSR count). The number of amides is 1. The van der Waals surface area contributed by atoms with Crippen molar-refractivity contribution in [3.05, 3.63) is 34.3 Å². The molecule has 1 aromatic rings. The SMILES string of the molecule is N[C@@H]1CC[C@H](C(=O)NCc2cc(C(F)(F)F)ccc2Cl)C1. The van der Waals surface area contributed by atoms with E-state index in [9.17, 15) is 18.0 Å². The van der Waals surface area contributed by atoms with Crippen LogP contribution in [0.2, 0.25) is 5.02 Å². The number of carbonyl (C=O) groups is 1. The van der Waals surface area contributed by atoms with Gasteiger partial charge in [-0.15, -0.1) is 0 Å². The Hall–Kier alpha value is -1.27. The lowest BCUT2D eigenvalue weighted by atomic mass is 10.1. The minimum absolute atomic E-state index is 0.0205. The summed E-state index contributed by atoms with van der Waals surface area (Å²) in [6, 6.07) is 3.10. The van der Waals surface area contributed by atoms with Crippen molar-refractivity contribution < 1.29 is 18.0 Å². The van der Waals surface area contributed by atoms with E-state index in [4.69, 9.17) is 17.3 Å².